The Morgan fingerprint density at radius 1 is 1.00 bits per heavy atom. The van der Waals surface area contributed by atoms with E-state index in [1.807, 2.05) is 0 Å². The molecule has 0 amide bonds. The Kier molecular flexibility index (Phi) is 4.94. The van der Waals surface area contributed by atoms with Crippen LogP contribution in [-0.4, -0.2) is 10.2 Å². The summed E-state index contributed by atoms with van der Waals surface area (Å²) in [6.07, 6.45) is 0. The van der Waals surface area contributed by atoms with Gasteiger partial charge in [0.2, 0.25) is 0 Å². The van der Waals surface area contributed by atoms with Gasteiger partial charge in [0.15, 0.2) is 10.9 Å². The van der Waals surface area contributed by atoms with E-state index in [0.29, 0.717) is 21.4 Å². The molecule has 0 aliphatic rings. The number of phenols is 1. The summed E-state index contributed by atoms with van der Waals surface area (Å²) in [4.78, 5) is 0. The molecule has 0 radical (unpaired) electrons. The van der Waals surface area contributed by atoms with Gasteiger partial charge in [-0.15, -0.1) is 0 Å². The fourth-order valence-corrected chi connectivity index (χ4v) is 2.46. The quantitative estimate of drug-likeness (QED) is 0.518. The average molecular weight is 348 g/mol. The summed E-state index contributed by atoms with van der Waals surface area (Å²) in [6.45, 7) is 0. The highest BCUT2D eigenvalue weighted by Crippen LogP contribution is 2.31. The number of hydrogen-bond donors (Lipinski definition) is 3. The molecule has 104 valence electrons. The van der Waals surface area contributed by atoms with Crippen molar-refractivity contribution in [2.45, 2.75) is 0 Å². The van der Waals surface area contributed by atoms with Gasteiger partial charge in [0.1, 0.15) is 0 Å². The first-order valence-corrected chi connectivity index (χ1v) is 7.01. The minimum Gasteiger partial charge on any atom is -0.504 e. The van der Waals surface area contributed by atoms with Crippen LogP contribution in [0.1, 0.15) is 0 Å². The SMILES string of the molecule is Oc1c(Cl)cccc1NC(=S)Nc1cc(Cl)cc(Cl)c1. The maximum Gasteiger partial charge on any atom is 0.175 e. The van der Waals surface area contributed by atoms with Gasteiger partial charge in [0.05, 0.1) is 10.7 Å². The van der Waals surface area contributed by atoms with E-state index in [1.54, 1.807) is 36.4 Å². The van der Waals surface area contributed by atoms with E-state index in [2.05, 4.69) is 10.6 Å². The third-order valence-corrected chi connectivity index (χ3v) is 3.30. The van der Waals surface area contributed by atoms with Crippen LogP contribution in [0.5, 0.6) is 5.75 Å². The zero-order chi connectivity index (χ0) is 14.7. The van der Waals surface area contributed by atoms with Crippen LogP contribution >= 0.6 is 47.0 Å². The molecule has 0 spiro atoms. The van der Waals surface area contributed by atoms with Crippen LogP contribution in [0, 0.1) is 0 Å². The van der Waals surface area contributed by atoms with E-state index in [1.165, 1.54) is 0 Å². The molecule has 0 aliphatic carbocycles. The second kappa shape index (κ2) is 6.50. The number of hydrogen-bond acceptors (Lipinski definition) is 2. The van der Waals surface area contributed by atoms with Crippen molar-refractivity contribution < 1.29 is 5.11 Å². The van der Waals surface area contributed by atoms with Gasteiger partial charge in [-0.2, -0.15) is 0 Å². The summed E-state index contributed by atoms with van der Waals surface area (Å²) in [5.74, 6) is -0.0672. The van der Waals surface area contributed by atoms with Crippen molar-refractivity contribution in [3.8, 4) is 5.75 Å². The molecule has 0 saturated carbocycles. The molecular formula is C13H9Cl3N2OS. The zero-order valence-electron chi connectivity index (χ0n) is 9.95. The highest BCUT2D eigenvalue weighted by molar-refractivity contribution is 7.80. The van der Waals surface area contributed by atoms with Gasteiger partial charge in [-0.1, -0.05) is 40.9 Å². The Labute approximate surface area is 136 Å². The van der Waals surface area contributed by atoms with Gasteiger partial charge in [0, 0.05) is 15.7 Å². The first-order valence-electron chi connectivity index (χ1n) is 5.47. The van der Waals surface area contributed by atoms with Crippen molar-refractivity contribution in [3.63, 3.8) is 0 Å². The molecule has 0 heterocycles. The molecule has 20 heavy (non-hydrogen) atoms. The standard InChI is InChI=1S/C13H9Cl3N2OS/c14-7-4-8(15)6-9(5-7)17-13(20)18-11-3-1-2-10(16)12(11)19/h1-6,19H,(H2,17,18,20). The molecule has 7 heteroatoms. The molecular weight excluding hydrogens is 339 g/mol. The molecule has 0 atom stereocenters. The number of benzene rings is 2. The van der Waals surface area contributed by atoms with Crippen molar-refractivity contribution in [3.05, 3.63) is 51.5 Å². The number of phenolic OH excluding ortho intramolecular Hbond substituents is 1. The summed E-state index contributed by atoms with van der Waals surface area (Å²) in [5.41, 5.74) is 1.05. The number of aromatic hydroxyl groups is 1. The number of anilines is 2. The maximum atomic E-state index is 9.78. The van der Waals surface area contributed by atoms with Crippen LogP contribution in [0.25, 0.3) is 0 Å². The lowest BCUT2D eigenvalue weighted by Gasteiger charge is -2.12. The highest BCUT2D eigenvalue weighted by atomic mass is 35.5. The van der Waals surface area contributed by atoms with Gasteiger partial charge >= 0.3 is 0 Å². The highest BCUT2D eigenvalue weighted by Gasteiger charge is 2.07. The second-order valence-corrected chi connectivity index (χ2v) is 5.56. The predicted octanol–water partition coefficient (Wildman–Crippen LogP) is 5.16. The summed E-state index contributed by atoms with van der Waals surface area (Å²) < 4.78 is 0. The number of nitrogens with one attached hydrogen (secondary N) is 2. The Morgan fingerprint density at radius 2 is 1.65 bits per heavy atom. The molecule has 2 aromatic rings. The van der Waals surface area contributed by atoms with Crippen molar-refractivity contribution >= 4 is 63.5 Å². The van der Waals surface area contributed by atoms with Crippen molar-refractivity contribution in [2.75, 3.05) is 10.6 Å². The molecule has 0 bridgehead atoms. The summed E-state index contributed by atoms with van der Waals surface area (Å²) in [7, 11) is 0. The Hall–Kier alpha value is -1.20. The molecule has 3 N–H and O–H groups in total. The molecule has 0 unspecified atom stereocenters. The summed E-state index contributed by atoms with van der Waals surface area (Å²) in [5, 5.41) is 17.0. The smallest absolute Gasteiger partial charge is 0.175 e. The molecule has 2 rings (SSSR count). The second-order valence-electron chi connectivity index (χ2n) is 3.87. The normalized spacial score (nSPS) is 10.2. The van der Waals surface area contributed by atoms with Gasteiger partial charge in [-0.25, -0.2) is 0 Å². The first-order chi connectivity index (χ1) is 9.45. The fraction of sp³-hybridized carbons (Fsp3) is 0. The van der Waals surface area contributed by atoms with Crippen LogP contribution < -0.4 is 10.6 Å². The molecule has 0 fully saturated rings. The monoisotopic (exact) mass is 346 g/mol. The number of halogens is 3. The van der Waals surface area contributed by atoms with Crippen LogP contribution in [0.2, 0.25) is 15.1 Å². The molecule has 0 saturated heterocycles. The molecule has 0 aliphatic heterocycles. The van der Waals surface area contributed by atoms with Crippen molar-refractivity contribution in [2.24, 2.45) is 0 Å². The van der Waals surface area contributed by atoms with Gasteiger partial charge in [0.25, 0.3) is 0 Å². The van der Waals surface area contributed by atoms with E-state index in [4.69, 9.17) is 47.0 Å². The molecule has 0 aromatic heterocycles. The van der Waals surface area contributed by atoms with Crippen molar-refractivity contribution in [1.29, 1.82) is 0 Å². The summed E-state index contributed by atoms with van der Waals surface area (Å²) in [6, 6.07) is 9.91. The van der Waals surface area contributed by atoms with E-state index in [0.717, 1.165) is 0 Å². The van der Waals surface area contributed by atoms with Gasteiger partial charge in [-0.3, -0.25) is 0 Å². The molecule has 3 nitrogen and oxygen atoms in total. The largest absolute Gasteiger partial charge is 0.504 e. The third kappa shape index (κ3) is 3.90. The Bertz CT molecular complexity index is 644. The zero-order valence-corrected chi connectivity index (χ0v) is 13.0. The van der Waals surface area contributed by atoms with Gasteiger partial charge in [-0.05, 0) is 42.5 Å². The first kappa shape index (κ1) is 15.2. The van der Waals surface area contributed by atoms with Crippen LogP contribution in [0.4, 0.5) is 11.4 Å². The molecule has 2 aromatic carbocycles. The minimum absolute atomic E-state index is 0.0672. The van der Waals surface area contributed by atoms with E-state index >= 15 is 0 Å². The number of thiocarbonyl (C=S) groups is 1. The minimum atomic E-state index is -0.0672. The van der Waals surface area contributed by atoms with E-state index in [-0.39, 0.29) is 15.9 Å². The predicted molar refractivity (Wildman–Crippen MR) is 89.4 cm³/mol. The topological polar surface area (TPSA) is 44.3 Å². The maximum absolute atomic E-state index is 9.78. The van der Waals surface area contributed by atoms with E-state index < -0.39 is 0 Å². The third-order valence-electron chi connectivity index (χ3n) is 2.36. The fourth-order valence-electron chi connectivity index (χ4n) is 1.53. The lowest BCUT2D eigenvalue weighted by atomic mass is 10.3. The number of rotatable bonds is 2. The average Bonchev–Trinajstić information content (AvgIpc) is 2.33. The summed E-state index contributed by atoms with van der Waals surface area (Å²) >= 11 is 22.7. The Balaban J connectivity index is 2.11. The lowest BCUT2D eigenvalue weighted by Crippen LogP contribution is -2.19. The Morgan fingerprint density at radius 3 is 2.30 bits per heavy atom. The lowest BCUT2D eigenvalue weighted by molar-refractivity contribution is 0.478. The number of para-hydroxylation sites is 1. The van der Waals surface area contributed by atoms with Gasteiger partial charge < -0.3 is 15.7 Å². The van der Waals surface area contributed by atoms with Crippen LogP contribution in [0.15, 0.2) is 36.4 Å². The van der Waals surface area contributed by atoms with Crippen molar-refractivity contribution in [1.82, 2.24) is 0 Å². The van der Waals surface area contributed by atoms with Crippen LogP contribution in [0.3, 0.4) is 0 Å². The van der Waals surface area contributed by atoms with E-state index in [9.17, 15) is 5.11 Å². The van der Waals surface area contributed by atoms with Crippen LogP contribution in [-0.2, 0) is 0 Å².